The summed E-state index contributed by atoms with van der Waals surface area (Å²) in [7, 11) is 0. The molecule has 1 fully saturated rings. The summed E-state index contributed by atoms with van der Waals surface area (Å²) in [5.41, 5.74) is 7.51. The zero-order valence-electron chi connectivity index (χ0n) is 19.9. The Labute approximate surface area is 204 Å². The Morgan fingerprint density at radius 3 is 2.62 bits per heavy atom. The number of nitrogens with zero attached hydrogens (tertiary/aromatic N) is 2. The molecule has 1 N–H and O–H groups in total. The third-order valence-corrected chi connectivity index (χ3v) is 7.23. The molecule has 2 aromatic carbocycles. The number of nitrogens with one attached hydrogen (secondary N) is 1. The van der Waals surface area contributed by atoms with Crippen molar-refractivity contribution in [1.29, 1.82) is 0 Å². The van der Waals surface area contributed by atoms with Crippen LogP contribution in [0.5, 0.6) is 5.75 Å². The van der Waals surface area contributed by atoms with Gasteiger partial charge in [0.05, 0.1) is 35.9 Å². The second-order valence-electron chi connectivity index (χ2n) is 9.18. The molecule has 3 aromatic rings. The number of thiazole rings is 1. The lowest BCUT2D eigenvalue weighted by molar-refractivity contribution is 0.130. The molecule has 2 atom stereocenters. The molecule has 34 heavy (non-hydrogen) atoms. The third-order valence-electron chi connectivity index (χ3n) is 6.62. The van der Waals surface area contributed by atoms with Gasteiger partial charge in [-0.05, 0) is 69.4 Å². The Kier molecular flexibility index (Phi) is 6.46. The highest BCUT2D eigenvalue weighted by molar-refractivity contribution is 7.07. The molecular weight excluding hydrogens is 446 g/mol. The molecule has 7 heteroatoms. The largest absolute Gasteiger partial charge is 0.494 e. The summed E-state index contributed by atoms with van der Waals surface area (Å²) in [6.07, 6.45) is 3.05. The number of rotatable bonds is 7. The summed E-state index contributed by atoms with van der Waals surface area (Å²) >= 11 is 1.64. The van der Waals surface area contributed by atoms with E-state index in [0.29, 0.717) is 12.6 Å². The fraction of sp³-hybridized carbons (Fsp3) is 0.407. The minimum absolute atomic E-state index is 0.135. The van der Waals surface area contributed by atoms with Crippen LogP contribution in [0.4, 0.5) is 16.2 Å². The molecule has 178 valence electrons. The normalized spacial score (nSPS) is 19.6. The number of hydrogen-bond acceptors (Lipinski definition) is 6. The monoisotopic (exact) mass is 477 g/mol. The average molecular weight is 478 g/mol. The van der Waals surface area contributed by atoms with Crippen LogP contribution in [0.15, 0.2) is 53.4 Å². The third kappa shape index (κ3) is 4.37. The molecule has 2 heterocycles. The molecule has 1 saturated carbocycles. The highest BCUT2D eigenvalue weighted by atomic mass is 32.1. The highest BCUT2D eigenvalue weighted by Crippen LogP contribution is 2.55. The van der Waals surface area contributed by atoms with E-state index in [9.17, 15) is 4.79 Å². The van der Waals surface area contributed by atoms with Crippen molar-refractivity contribution in [2.45, 2.75) is 64.1 Å². The molecule has 1 aromatic heterocycles. The summed E-state index contributed by atoms with van der Waals surface area (Å²) in [5.74, 6) is 1.05. The molecule has 5 rings (SSSR count). The molecule has 0 saturated heterocycles. The van der Waals surface area contributed by atoms with Gasteiger partial charge in [-0.25, -0.2) is 9.78 Å². The van der Waals surface area contributed by atoms with Gasteiger partial charge in [0.1, 0.15) is 5.75 Å². The van der Waals surface area contributed by atoms with E-state index in [0.717, 1.165) is 17.1 Å². The van der Waals surface area contributed by atoms with Crippen LogP contribution in [0.1, 0.15) is 68.8 Å². The van der Waals surface area contributed by atoms with Gasteiger partial charge in [-0.1, -0.05) is 18.2 Å². The van der Waals surface area contributed by atoms with E-state index in [4.69, 9.17) is 14.5 Å². The van der Waals surface area contributed by atoms with Crippen LogP contribution in [0.2, 0.25) is 0 Å². The lowest BCUT2D eigenvalue weighted by Crippen LogP contribution is -2.41. The van der Waals surface area contributed by atoms with E-state index in [1.807, 2.05) is 38.4 Å². The SMILES string of the molecule is CCOc1ccc2c(c1)N(C1CCC1)C(c1ccc(NC(=O)OC(C)C)cc1)C2c1cscn1. The average Bonchev–Trinajstić information content (AvgIpc) is 3.39. The van der Waals surface area contributed by atoms with E-state index in [-0.39, 0.29) is 18.1 Å². The fourth-order valence-electron chi connectivity index (χ4n) is 5.01. The van der Waals surface area contributed by atoms with E-state index in [1.54, 1.807) is 11.3 Å². The maximum Gasteiger partial charge on any atom is 0.411 e. The van der Waals surface area contributed by atoms with Crippen molar-refractivity contribution in [3.05, 3.63) is 70.2 Å². The maximum absolute atomic E-state index is 12.0. The number of amides is 1. The highest BCUT2D eigenvalue weighted by Gasteiger charge is 2.45. The predicted octanol–water partition coefficient (Wildman–Crippen LogP) is 6.74. The van der Waals surface area contributed by atoms with Gasteiger partial charge in [-0.3, -0.25) is 5.32 Å². The van der Waals surface area contributed by atoms with Crippen molar-refractivity contribution in [3.63, 3.8) is 0 Å². The van der Waals surface area contributed by atoms with Gasteiger partial charge in [0.25, 0.3) is 0 Å². The summed E-state index contributed by atoms with van der Waals surface area (Å²) in [5, 5.41) is 4.99. The van der Waals surface area contributed by atoms with Crippen molar-refractivity contribution in [2.75, 3.05) is 16.8 Å². The molecule has 1 aliphatic heterocycles. The number of carbonyl (C=O) groups is 1. The van der Waals surface area contributed by atoms with E-state index in [1.165, 1.54) is 36.1 Å². The first-order valence-corrected chi connectivity index (χ1v) is 13.0. The summed E-state index contributed by atoms with van der Waals surface area (Å²) < 4.78 is 11.1. The maximum atomic E-state index is 12.0. The summed E-state index contributed by atoms with van der Waals surface area (Å²) in [6.45, 7) is 6.34. The molecular formula is C27H31N3O3S. The van der Waals surface area contributed by atoms with Gasteiger partial charge < -0.3 is 14.4 Å². The Bertz CT molecular complexity index is 1130. The molecule has 6 nitrogen and oxygen atoms in total. The topological polar surface area (TPSA) is 63.7 Å². The molecule has 0 radical (unpaired) electrons. The minimum atomic E-state index is -0.434. The van der Waals surface area contributed by atoms with Crippen LogP contribution in [-0.4, -0.2) is 29.8 Å². The second kappa shape index (κ2) is 9.66. The number of carbonyl (C=O) groups excluding carboxylic acids is 1. The molecule has 1 amide bonds. The second-order valence-corrected chi connectivity index (χ2v) is 9.90. The summed E-state index contributed by atoms with van der Waals surface area (Å²) in [6, 6.07) is 15.3. The number of fused-ring (bicyclic) bond motifs is 1. The number of benzene rings is 2. The quantitative estimate of drug-likeness (QED) is 0.408. The fourth-order valence-corrected chi connectivity index (χ4v) is 5.60. The van der Waals surface area contributed by atoms with Gasteiger partial charge in [0.15, 0.2) is 0 Å². The van der Waals surface area contributed by atoms with Gasteiger partial charge in [0.2, 0.25) is 0 Å². The molecule has 1 aliphatic carbocycles. The predicted molar refractivity (Wildman–Crippen MR) is 136 cm³/mol. The van der Waals surface area contributed by atoms with Gasteiger partial charge in [-0.15, -0.1) is 11.3 Å². The number of ether oxygens (including phenoxy) is 2. The van der Waals surface area contributed by atoms with Crippen LogP contribution >= 0.6 is 11.3 Å². The minimum Gasteiger partial charge on any atom is -0.494 e. The van der Waals surface area contributed by atoms with Crippen molar-refractivity contribution < 1.29 is 14.3 Å². The lowest BCUT2D eigenvalue weighted by atomic mass is 9.85. The Balaban J connectivity index is 1.52. The van der Waals surface area contributed by atoms with Crippen LogP contribution in [0, 0.1) is 0 Å². The van der Waals surface area contributed by atoms with Gasteiger partial charge in [-0.2, -0.15) is 0 Å². The van der Waals surface area contributed by atoms with Crippen LogP contribution in [0.25, 0.3) is 0 Å². The van der Waals surface area contributed by atoms with Crippen molar-refractivity contribution in [1.82, 2.24) is 4.98 Å². The first kappa shape index (κ1) is 22.7. The van der Waals surface area contributed by atoms with E-state index < -0.39 is 6.09 Å². The Morgan fingerprint density at radius 1 is 1.21 bits per heavy atom. The zero-order chi connectivity index (χ0) is 23.7. The Hall–Kier alpha value is -3.06. The van der Waals surface area contributed by atoms with Crippen LogP contribution in [0.3, 0.4) is 0 Å². The zero-order valence-corrected chi connectivity index (χ0v) is 20.7. The smallest absolute Gasteiger partial charge is 0.411 e. The number of hydrogen-bond donors (Lipinski definition) is 1. The van der Waals surface area contributed by atoms with Crippen molar-refractivity contribution >= 4 is 28.8 Å². The standard InChI is InChI=1S/C27H31N3O3S/c1-4-32-21-12-13-22-24(14-21)30(20-6-5-7-20)26(25(22)23-15-34-16-28-23)18-8-10-19(11-9-18)29-27(31)33-17(2)3/h8-17,20,25-26H,4-7H2,1-3H3,(H,29,31). The van der Waals surface area contributed by atoms with Crippen LogP contribution < -0.4 is 15.0 Å². The van der Waals surface area contributed by atoms with Crippen LogP contribution in [-0.2, 0) is 4.74 Å². The molecule has 0 bridgehead atoms. The van der Waals surface area contributed by atoms with Crippen molar-refractivity contribution in [2.24, 2.45) is 0 Å². The lowest BCUT2D eigenvalue weighted by Gasteiger charge is -2.42. The molecule has 2 unspecified atom stereocenters. The van der Waals surface area contributed by atoms with Gasteiger partial charge in [0, 0.05) is 28.9 Å². The first-order chi connectivity index (χ1) is 16.5. The van der Waals surface area contributed by atoms with Crippen molar-refractivity contribution in [3.8, 4) is 5.75 Å². The first-order valence-electron chi connectivity index (χ1n) is 12.1. The Morgan fingerprint density at radius 2 is 2.00 bits per heavy atom. The van der Waals surface area contributed by atoms with E-state index >= 15 is 0 Å². The summed E-state index contributed by atoms with van der Waals surface area (Å²) in [4.78, 5) is 19.4. The number of anilines is 2. The number of aromatic nitrogens is 1. The van der Waals surface area contributed by atoms with Gasteiger partial charge >= 0.3 is 6.09 Å². The molecule has 2 aliphatic rings. The molecule has 0 spiro atoms. The van der Waals surface area contributed by atoms with E-state index in [2.05, 4.69) is 45.9 Å².